The first-order valence-corrected chi connectivity index (χ1v) is 8.00. The van der Waals surface area contributed by atoms with E-state index in [1.807, 2.05) is 0 Å². The van der Waals surface area contributed by atoms with Gasteiger partial charge in [0.1, 0.15) is 0 Å². The number of aliphatic hydroxyl groups is 1. The molecule has 0 amide bonds. The number of phenols is 1. The van der Waals surface area contributed by atoms with Crippen LogP contribution in [0.15, 0.2) is 40.1 Å². The van der Waals surface area contributed by atoms with Crippen LogP contribution in [0.25, 0.3) is 0 Å². The fraction of sp³-hybridized carbons (Fsp3) is 0.333. The fourth-order valence-electron chi connectivity index (χ4n) is 1.95. The van der Waals surface area contributed by atoms with E-state index in [9.17, 15) is 5.11 Å². The number of aromatic hydroxyl groups is 1. The molecule has 0 fully saturated rings. The molecule has 2 aromatic rings. The van der Waals surface area contributed by atoms with Crippen LogP contribution < -0.4 is 10.5 Å². The number of rotatable bonds is 3. The highest BCUT2D eigenvalue weighted by molar-refractivity contribution is 7.99. The van der Waals surface area contributed by atoms with Crippen molar-refractivity contribution in [3.63, 3.8) is 0 Å². The molecule has 4 N–H and O–H groups in total. The van der Waals surface area contributed by atoms with Crippen LogP contribution >= 0.6 is 11.8 Å². The SMILES string of the molecule is CO.COC.COc1cc(Sc2cc(C)cc(C)c2)cc(N)c1O. The van der Waals surface area contributed by atoms with E-state index in [1.54, 1.807) is 38.1 Å². The van der Waals surface area contributed by atoms with Crippen molar-refractivity contribution >= 4 is 17.4 Å². The molecule has 2 rings (SSSR count). The molecule has 0 saturated carbocycles. The minimum atomic E-state index is -0.00715. The van der Waals surface area contributed by atoms with Gasteiger partial charge >= 0.3 is 0 Å². The minimum absolute atomic E-state index is 0.00715. The van der Waals surface area contributed by atoms with Crippen molar-refractivity contribution in [2.75, 3.05) is 34.2 Å². The summed E-state index contributed by atoms with van der Waals surface area (Å²) in [6.45, 7) is 4.14. The first-order chi connectivity index (χ1) is 11.4. The molecule has 0 aliphatic heterocycles. The molecule has 0 unspecified atom stereocenters. The van der Waals surface area contributed by atoms with Crippen LogP contribution in [0, 0.1) is 13.8 Å². The highest BCUT2D eigenvalue weighted by atomic mass is 32.2. The van der Waals surface area contributed by atoms with Gasteiger partial charge in [0, 0.05) is 31.1 Å². The molecule has 0 radical (unpaired) electrons. The summed E-state index contributed by atoms with van der Waals surface area (Å²) in [5, 5.41) is 16.7. The van der Waals surface area contributed by atoms with Crippen LogP contribution in [-0.4, -0.2) is 38.7 Å². The zero-order valence-corrected chi connectivity index (χ0v) is 15.9. The highest BCUT2D eigenvalue weighted by Crippen LogP contribution is 2.39. The largest absolute Gasteiger partial charge is 0.503 e. The lowest BCUT2D eigenvalue weighted by Gasteiger charge is -2.10. The summed E-state index contributed by atoms with van der Waals surface area (Å²) in [4.78, 5) is 2.08. The van der Waals surface area contributed by atoms with Crippen molar-refractivity contribution in [2.24, 2.45) is 0 Å². The lowest BCUT2D eigenvalue weighted by atomic mass is 10.2. The summed E-state index contributed by atoms with van der Waals surface area (Å²) in [7, 11) is 5.76. The van der Waals surface area contributed by atoms with E-state index in [-0.39, 0.29) is 5.75 Å². The third-order valence-corrected chi connectivity index (χ3v) is 3.67. The van der Waals surface area contributed by atoms with Crippen LogP contribution in [0.5, 0.6) is 11.5 Å². The maximum atomic E-state index is 9.72. The molecule has 134 valence electrons. The van der Waals surface area contributed by atoms with Crippen LogP contribution in [0.3, 0.4) is 0 Å². The first kappa shape index (κ1) is 22.1. The van der Waals surface area contributed by atoms with Gasteiger partial charge in [-0.2, -0.15) is 0 Å². The van der Waals surface area contributed by atoms with Crippen LogP contribution in [0.4, 0.5) is 5.69 Å². The Morgan fingerprint density at radius 1 is 0.875 bits per heavy atom. The Morgan fingerprint density at radius 2 is 1.33 bits per heavy atom. The quantitative estimate of drug-likeness (QED) is 0.577. The van der Waals surface area contributed by atoms with Gasteiger partial charge in [-0.05, 0) is 49.2 Å². The maximum absolute atomic E-state index is 9.72. The summed E-state index contributed by atoms with van der Waals surface area (Å²) >= 11 is 1.60. The third kappa shape index (κ3) is 7.12. The highest BCUT2D eigenvalue weighted by Gasteiger charge is 2.09. The zero-order chi connectivity index (χ0) is 18.7. The summed E-state index contributed by atoms with van der Waals surface area (Å²) in [6, 6.07) is 9.91. The first-order valence-electron chi connectivity index (χ1n) is 7.18. The number of ether oxygens (including phenoxy) is 2. The number of methoxy groups -OCH3 is 2. The molecule has 0 aliphatic carbocycles. The van der Waals surface area contributed by atoms with Gasteiger partial charge in [-0.25, -0.2) is 0 Å². The number of hydrogen-bond donors (Lipinski definition) is 3. The molecule has 5 nitrogen and oxygen atoms in total. The summed E-state index contributed by atoms with van der Waals surface area (Å²) < 4.78 is 9.36. The standard InChI is InChI=1S/C15H17NO2S.C2H6O.CH4O/c1-9-4-10(2)6-11(5-9)19-12-7-13(16)15(17)14(8-12)18-3;1-3-2;1-2/h4-8,17H,16H2,1-3H3;1-2H3;2H,1H3. The van der Waals surface area contributed by atoms with Gasteiger partial charge in [0.25, 0.3) is 0 Å². The molecular weight excluding hydrogens is 326 g/mol. The van der Waals surface area contributed by atoms with Crippen LogP contribution in [0.2, 0.25) is 0 Å². The molecule has 0 saturated heterocycles. The van der Waals surface area contributed by atoms with Crippen molar-refractivity contribution in [1.82, 2.24) is 0 Å². The van der Waals surface area contributed by atoms with Gasteiger partial charge in [-0.1, -0.05) is 17.8 Å². The number of aliphatic hydroxyl groups excluding tert-OH is 1. The minimum Gasteiger partial charge on any atom is -0.503 e. The van der Waals surface area contributed by atoms with E-state index < -0.39 is 0 Å². The Bertz CT molecular complexity index is 612. The number of phenolic OH excluding ortho intramolecular Hbond substituents is 1. The van der Waals surface area contributed by atoms with E-state index in [4.69, 9.17) is 15.6 Å². The average Bonchev–Trinajstić information content (AvgIpc) is 2.52. The maximum Gasteiger partial charge on any atom is 0.181 e. The Labute approximate surface area is 148 Å². The van der Waals surface area contributed by atoms with E-state index in [1.165, 1.54) is 18.2 Å². The third-order valence-electron chi connectivity index (χ3n) is 2.73. The smallest absolute Gasteiger partial charge is 0.181 e. The predicted molar refractivity (Wildman–Crippen MR) is 100 cm³/mol. The van der Waals surface area contributed by atoms with Crippen molar-refractivity contribution in [3.05, 3.63) is 41.5 Å². The molecule has 0 bridgehead atoms. The van der Waals surface area contributed by atoms with E-state index >= 15 is 0 Å². The van der Waals surface area contributed by atoms with Crippen molar-refractivity contribution in [3.8, 4) is 11.5 Å². The molecule has 0 aliphatic rings. The predicted octanol–water partition coefficient (Wildman–Crippen LogP) is 3.62. The number of nitrogen functional groups attached to an aromatic ring is 1. The lowest BCUT2D eigenvalue weighted by molar-refractivity contribution is 0.277. The second-order valence-electron chi connectivity index (χ2n) is 4.90. The molecule has 24 heavy (non-hydrogen) atoms. The molecular formula is C18H27NO4S. The van der Waals surface area contributed by atoms with Gasteiger partial charge in [0.2, 0.25) is 0 Å². The monoisotopic (exact) mass is 353 g/mol. The topological polar surface area (TPSA) is 84.9 Å². The molecule has 2 aromatic carbocycles. The number of benzene rings is 2. The Morgan fingerprint density at radius 3 is 1.79 bits per heavy atom. The number of nitrogens with two attached hydrogens (primary N) is 1. The molecule has 0 heterocycles. The normalized spacial score (nSPS) is 9.29. The average molecular weight is 353 g/mol. The van der Waals surface area contributed by atoms with Crippen molar-refractivity contribution < 1.29 is 19.7 Å². The van der Waals surface area contributed by atoms with E-state index in [0.717, 1.165) is 16.9 Å². The van der Waals surface area contributed by atoms with Gasteiger partial charge in [0.15, 0.2) is 11.5 Å². The summed E-state index contributed by atoms with van der Waals surface area (Å²) in [6.07, 6.45) is 0. The van der Waals surface area contributed by atoms with E-state index in [0.29, 0.717) is 11.4 Å². The van der Waals surface area contributed by atoms with Crippen LogP contribution in [-0.2, 0) is 4.74 Å². The summed E-state index contributed by atoms with van der Waals surface area (Å²) in [5.74, 6) is 0.388. The molecule has 0 spiro atoms. The number of anilines is 1. The number of aryl methyl sites for hydroxylation is 2. The van der Waals surface area contributed by atoms with Gasteiger partial charge in [0.05, 0.1) is 12.8 Å². The van der Waals surface area contributed by atoms with Crippen molar-refractivity contribution in [1.29, 1.82) is 0 Å². The van der Waals surface area contributed by atoms with Gasteiger partial charge in [-0.15, -0.1) is 0 Å². The van der Waals surface area contributed by atoms with Crippen molar-refractivity contribution in [2.45, 2.75) is 23.6 Å². The molecule has 6 heteroatoms. The fourth-order valence-corrected chi connectivity index (χ4v) is 3.06. The summed E-state index contributed by atoms with van der Waals surface area (Å²) in [5.41, 5.74) is 8.54. The van der Waals surface area contributed by atoms with Crippen LogP contribution in [0.1, 0.15) is 11.1 Å². The van der Waals surface area contributed by atoms with Gasteiger partial charge < -0.3 is 25.4 Å². The molecule has 0 aromatic heterocycles. The zero-order valence-electron chi connectivity index (χ0n) is 15.1. The van der Waals surface area contributed by atoms with Gasteiger partial charge in [-0.3, -0.25) is 0 Å². The Balaban J connectivity index is 0.000000952. The Hall–Kier alpha value is -1.89. The molecule has 0 atom stereocenters. The number of hydrogen-bond acceptors (Lipinski definition) is 6. The Kier molecular flexibility index (Phi) is 10.7. The second kappa shape index (κ2) is 11.6. The van der Waals surface area contributed by atoms with E-state index in [2.05, 4.69) is 36.8 Å². The second-order valence-corrected chi connectivity index (χ2v) is 6.04. The lowest BCUT2D eigenvalue weighted by Crippen LogP contribution is -1.91.